The molecule has 0 fully saturated rings. The van der Waals surface area contributed by atoms with Crippen LogP contribution in [0.2, 0.25) is 0 Å². The van der Waals surface area contributed by atoms with E-state index in [2.05, 4.69) is 4.98 Å². The van der Waals surface area contributed by atoms with Crippen LogP contribution in [0, 0.1) is 6.92 Å². The van der Waals surface area contributed by atoms with Crippen molar-refractivity contribution in [1.82, 2.24) is 9.55 Å². The topological polar surface area (TPSA) is 44.1 Å². The van der Waals surface area contributed by atoms with Gasteiger partial charge in [0, 0.05) is 28.9 Å². The van der Waals surface area contributed by atoms with Crippen molar-refractivity contribution in [2.45, 2.75) is 6.92 Å². The molecule has 0 atom stereocenters. The molecule has 0 amide bonds. The molecule has 4 rings (SSSR count). The fraction of sp³-hybridized carbons (Fsp3) is 0.111. The monoisotopic (exact) mass is 322 g/mol. The molecule has 0 saturated heterocycles. The zero-order chi connectivity index (χ0) is 16.0. The van der Waals surface area contributed by atoms with Gasteiger partial charge in [-0.05, 0) is 48.9 Å². The third kappa shape index (κ3) is 2.12. The summed E-state index contributed by atoms with van der Waals surface area (Å²) in [4.78, 5) is 18.2. The lowest BCUT2D eigenvalue weighted by atomic mass is 10.1. The zero-order valence-corrected chi connectivity index (χ0v) is 13.6. The summed E-state index contributed by atoms with van der Waals surface area (Å²) in [6.07, 6.45) is 3.61. The molecular weight excluding hydrogens is 308 g/mol. The number of aryl methyl sites for hydroxylation is 1. The van der Waals surface area contributed by atoms with Gasteiger partial charge < -0.3 is 4.74 Å². The van der Waals surface area contributed by atoms with Gasteiger partial charge in [0.2, 0.25) is 0 Å². The zero-order valence-electron chi connectivity index (χ0n) is 12.7. The fourth-order valence-corrected chi connectivity index (χ4v) is 3.94. The molecule has 0 bridgehead atoms. The average molecular weight is 322 g/mol. The van der Waals surface area contributed by atoms with Crippen molar-refractivity contribution >= 4 is 31.6 Å². The normalized spacial score (nSPS) is 11.2. The number of benzene rings is 1. The summed E-state index contributed by atoms with van der Waals surface area (Å²) in [6.45, 7) is 2.05. The van der Waals surface area contributed by atoms with Crippen LogP contribution < -0.4 is 10.3 Å². The Bertz CT molecular complexity index is 1080. The highest BCUT2D eigenvalue weighted by molar-refractivity contribution is 7.25. The van der Waals surface area contributed by atoms with Crippen LogP contribution in [-0.2, 0) is 0 Å². The number of methoxy groups -OCH3 is 1. The predicted molar refractivity (Wildman–Crippen MR) is 94.0 cm³/mol. The number of rotatable bonds is 2. The van der Waals surface area contributed by atoms with Crippen LogP contribution in [0.4, 0.5) is 0 Å². The molecule has 5 heteroatoms. The van der Waals surface area contributed by atoms with Gasteiger partial charge in [0.1, 0.15) is 15.3 Å². The van der Waals surface area contributed by atoms with E-state index in [0.717, 1.165) is 37.3 Å². The minimum absolute atomic E-state index is 0.0185. The van der Waals surface area contributed by atoms with Gasteiger partial charge in [0.25, 0.3) is 5.56 Å². The van der Waals surface area contributed by atoms with E-state index in [1.54, 1.807) is 17.9 Å². The van der Waals surface area contributed by atoms with Crippen molar-refractivity contribution in [3.05, 3.63) is 64.7 Å². The van der Waals surface area contributed by atoms with E-state index in [4.69, 9.17) is 4.74 Å². The van der Waals surface area contributed by atoms with Gasteiger partial charge in [-0.25, -0.2) is 4.98 Å². The Morgan fingerprint density at radius 1 is 1.13 bits per heavy atom. The summed E-state index contributed by atoms with van der Waals surface area (Å²) in [7, 11) is 1.62. The molecular formula is C18H14N2O2S. The average Bonchev–Trinajstić information content (AvgIpc) is 2.96. The predicted octanol–water partition coefficient (Wildman–Crippen LogP) is 3.92. The molecule has 114 valence electrons. The van der Waals surface area contributed by atoms with E-state index < -0.39 is 0 Å². The van der Waals surface area contributed by atoms with Crippen molar-refractivity contribution in [3.8, 4) is 11.4 Å². The number of fused-ring (bicyclic) bond motifs is 3. The van der Waals surface area contributed by atoms with Crippen molar-refractivity contribution in [2.75, 3.05) is 7.11 Å². The maximum atomic E-state index is 12.9. The van der Waals surface area contributed by atoms with Crippen LogP contribution in [0.1, 0.15) is 5.56 Å². The van der Waals surface area contributed by atoms with Crippen LogP contribution in [0.3, 0.4) is 0 Å². The molecule has 0 spiro atoms. The molecule has 0 saturated carbocycles. The van der Waals surface area contributed by atoms with Gasteiger partial charge in [-0.1, -0.05) is 0 Å². The number of hydrogen-bond donors (Lipinski definition) is 0. The smallest absolute Gasteiger partial charge is 0.273 e. The second kappa shape index (κ2) is 5.21. The molecule has 4 aromatic rings. The van der Waals surface area contributed by atoms with Gasteiger partial charge in [-0.15, -0.1) is 11.3 Å². The van der Waals surface area contributed by atoms with Crippen molar-refractivity contribution in [1.29, 1.82) is 0 Å². The number of nitrogens with zero attached hydrogens (tertiary/aromatic N) is 2. The molecule has 0 radical (unpaired) electrons. The molecule has 1 aromatic carbocycles. The van der Waals surface area contributed by atoms with Gasteiger partial charge in [0.15, 0.2) is 0 Å². The van der Waals surface area contributed by atoms with E-state index >= 15 is 0 Å². The van der Waals surface area contributed by atoms with E-state index in [0.29, 0.717) is 0 Å². The number of thiophene rings is 1. The molecule has 0 unspecified atom stereocenters. The molecule has 3 heterocycles. The molecule has 0 N–H and O–H groups in total. The number of hydrogen-bond acceptors (Lipinski definition) is 4. The van der Waals surface area contributed by atoms with Gasteiger partial charge in [-0.2, -0.15) is 0 Å². The first kappa shape index (κ1) is 14.0. The lowest BCUT2D eigenvalue weighted by Crippen LogP contribution is -2.16. The summed E-state index contributed by atoms with van der Waals surface area (Å²) in [6, 6.07) is 11.4. The van der Waals surface area contributed by atoms with E-state index in [1.165, 1.54) is 11.3 Å². The third-order valence-corrected chi connectivity index (χ3v) is 5.09. The highest BCUT2D eigenvalue weighted by Gasteiger charge is 2.13. The maximum Gasteiger partial charge on any atom is 0.273 e. The van der Waals surface area contributed by atoms with Gasteiger partial charge in [-0.3, -0.25) is 9.36 Å². The quantitative estimate of drug-likeness (QED) is 0.562. The number of ether oxygens (including phenoxy) is 1. The van der Waals surface area contributed by atoms with Gasteiger partial charge >= 0.3 is 0 Å². The van der Waals surface area contributed by atoms with Crippen LogP contribution in [0.5, 0.6) is 5.75 Å². The lowest BCUT2D eigenvalue weighted by Gasteiger charge is -2.07. The highest BCUT2D eigenvalue weighted by atomic mass is 32.1. The Balaban J connectivity index is 1.99. The largest absolute Gasteiger partial charge is 0.497 e. The standard InChI is InChI=1S/C18H14N2O2S/c1-11-7-9-19-17-15(11)14-8-10-20(18(21)16(14)23-17)12-3-5-13(22-2)6-4-12/h3-10H,1-2H3. The summed E-state index contributed by atoms with van der Waals surface area (Å²) in [5, 5.41) is 2.05. The van der Waals surface area contributed by atoms with Crippen molar-refractivity contribution < 1.29 is 4.74 Å². The van der Waals surface area contributed by atoms with Crippen molar-refractivity contribution in [3.63, 3.8) is 0 Å². The molecule has 3 aromatic heterocycles. The third-order valence-electron chi connectivity index (χ3n) is 3.99. The number of aromatic nitrogens is 2. The minimum Gasteiger partial charge on any atom is -0.497 e. The highest BCUT2D eigenvalue weighted by Crippen LogP contribution is 2.32. The number of pyridine rings is 2. The molecule has 0 aliphatic carbocycles. The van der Waals surface area contributed by atoms with E-state index in [9.17, 15) is 4.79 Å². The van der Waals surface area contributed by atoms with E-state index in [-0.39, 0.29) is 5.56 Å². The lowest BCUT2D eigenvalue weighted by molar-refractivity contribution is 0.414. The summed E-state index contributed by atoms with van der Waals surface area (Å²) in [5.74, 6) is 0.768. The van der Waals surface area contributed by atoms with Crippen LogP contribution in [0.15, 0.2) is 53.6 Å². The second-order valence-corrected chi connectivity index (χ2v) is 6.34. The summed E-state index contributed by atoms with van der Waals surface area (Å²) >= 11 is 1.45. The Morgan fingerprint density at radius 3 is 2.65 bits per heavy atom. The second-order valence-electron chi connectivity index (χ2n) is 5.34. The fourth-order valence-electron chi connectivity index (χ4n) is 2.79. The first-order valence-corrected chi connectivity index (χ1v) is 8.04. The van der Waals surface area contributed by atoms with Crippen LogP contribution >= 0.6 is 11.3 Å². The SMILES string of the molecule is COc1ccc(-n2ccc3c(sc4nccc(C)c43)c2=O)cc1. The molecule has 4 nitrogen and oxygen atoms in total. The first-order chi connectivity index (χ1) is 11.2. The molecule has 0 aliphatic rings. The summed E-state index contributed by atoms with van der Waals surface area (Å²) in [5.41, 5.74) is 1.94. The Morgan fingerprint density at radius 2 is 1.91 bits per heavy atom. The van der Waals surface area contributed by atoms with Crippen LogP contribution in [-0.4, -0.2) is 16.7 Å². The minimum atomic E-state index is -0.0185. The maximum absolute atomic E-state index is 12.9. The van der Waals surface area contributed by atoms with Gasteiger partial charge in [0.05, 0.1) is 7.11 Å². The first-order valence-electron chi connectivity index (χ1n) is 7.23. The van der Waals surface area contributed by atoms with Crippen LogP contribution in [0.25, 0.3) is 26.0 Å². The summed E-state index contributed by atoms with van der Waals surface area (Å²) < 4.78 is 7.56. The van der Waals surface area contributed by atoms with Crippen molar-refractivity contribution in [2.24, 2.45) is 0 Å². The Hall–Kier alpha value is -2.66. The Labute approximate surface area is 136 Å². The Kier molecular flexibility index (Phi) is 3.16. The molecule has 0 aliphatic heterocycles. The van der Waals surface area contributed by atoms with E-state index in [1.807, 2.05) is 49.5 Å². The molecule has 23 heavy (non-hydrogen) atoms.